The van der Waals surface area contributed by atoms with Crippen molar-refractivity contribution in [3.63, 3.8) is 0 Å². The van der Waals surface area contributed by atoms with E-state index in [4.69, 9.17) is 0 Å². The van der Waals surface area contributed by atoms with Gasteiger partial charge in [0.25, 0.3) is 0 Å². The zero-order chi connectivity index (χ0) is 10.9. The number of rotatable bonds is 1. The van der Waals surface area contributed by atoms with E-state index in [1.54, 1.807) is 23.3 Å². The van der Waals surface area contributed by atoms with Gasteiger partial charge in [0.1, 0.15) is 11.5 Å². The highest BCUT2D eigenvalue weighted by Gasteiger charge is 2.16. The van der Waals surface area contributed by atoms with E-state index < -0.39 is 0 Å². The Balaban J connectivity index is 2.33. The molecule has 2 aromatic rings. The molecule has 0 N–H and O–H groups in total. The molecule has 0 saturated carbocycles. The van der Waals surface area contributed by atoms with Gasteiger partial charge in [-0.2, -0.15) is 5.10 Å². The van der Waals surface area contributed by atoms with E-state index in [2.05, 4.69) is 35.8 Å². The van der Waals surface area contributed by atoms with Crippen molar-refractivity contribution in [2.24, 2.45) is 0 Å². The molecule has 0 bridgehead atoms. The van der Waals surface area contributed by atoms with Crippen LogP contribution in [0.3, 0.4) is 0 Å². The van der Waals surface area contributed by atoms with E-state index in [1.807, 2.05) is 12.3 Å². The molecule has 0 aliphatic carbocycles. The molecular weight excluding hydrogens is 188 g/mol. The minimum atomic E-state index is -0.0113. The molecule has 2 aromatic heterocycles. The largest absolute Gasteiger partial charge is 0.239 e. The Bertz CT molecular complexity index is 423. The van der Waals surface area contributed by atoms with Crippen LogP contribution in [0.25, 0.3) is 5.69 Å². The lowest BCUT2D eigenvalue weighted by Gasteiger charge is -2.15. The molecule has 0 atom stereocenters. The summed E-state index contributed by atoms with van der Waals surface area (Å²) in [7, 11) is 0. The average molecular weight is 202 g/mol. The fourth-order valence-electron chi connectivity index (χ4n) is 1.25. The van der Waals surface area contributed by atoms with Crippen molar-refractivity contribution in [1.29, 1.82) is 0 Å². The third kappa shape index (κ3) is 2.03. The predicted molar refractivity (Wildman–Crippen MR) is 57.9 cm³/mol. The van der Waals surface area contributed by atoms with Crippen molar-refractivity contribution in [2.75, 3.05) is 0 Å². The first-order valence-electron chi connectivity index (χ1n) is 4.90. The minimum absolute atomic E-state index is 0.0113. The molecule has 0 fully saturated rings. The second-order valence-corrected chi connectivity index (χ2v) is 4.47. The van der Waals surface area contributed by atoms with Gasteiger partial charge in [0, 0.05) is 17.8 Å². The van der Waals surface area contributed by atoms with Crippen molar-refractivity contribution in [3.05, 3.63) is 36.7 Å². The monoisotopic (exact) mass is 202 g/mol. The predicted octanol–water partition coefficient (Wildman–Crippen LogP) is 1.96. The highest BCUT2D eigenvalue weighted by Crippen LogP contribution is 2.17. The Labute approximate surface area is 89.0 Å². The summed E-state index contributed by atoms with van der Waals surface area (Å²) in [6.45, 7) is 6.28. The molecule has 2 rings (SSSR count). The molecule has 0 aliphatic rings. The summed E-state index contributed by atoms with van der Waals surface area (Å²) in [4.78, 5) is 8.67. The standard InChI is InChI=1S/C11H14N4/c1-11(2,3)10-12-7-9(8-13-10)15-6-4-5-14-15/h4-8H,1-3H3. The molecule has 4 nitrogen and oxygen atoms in total. The maximum Gasteiger partial charge on any atom is 0.133 e. The van der Waals surface area contributed by atoms with Crippen LogP contribution in [0.1, 0.15) is 26.6 Å². The second kappa shape index (κ2) is 3.46. The summed E-state index contributed by atoms with van der Waals surface area (Å²) in [6, 6.07) is 1.87. The van der Waals surface area contributed by atoms with Crippen LogP contribution in [0.4, 0.5) is 0 Å². The summed E-state index contributed by atoms with van der Waals surface area (Å²) in [5.74, 6) is 0.846. The van der Waals surface area contributed by atoms with Crippen LogP contribution in [0.5, 0.6) is 0 Å². The lowest BCUT2D eigenvalue weighted by molar-refractivity contribution is 0.544. The van der Waals surface area contributed by atoms with Crippen molar-refractivity contribution < 1.29 is 0 Å². The van der Waals surface area contributed by atoms with E-state index in [-0.39, 0.29) is 5.41 Å². The van der Waals surface area contributed by atoms with E-state index in [9.17, 15) is 0 Å². The Kier molecular flexibility index (Phi) is 2.26. The molecule has 0 radical (unpaired) electrons. The summed E-state index contributed by atoms with van der Waals surface area (Å²) >= 11 is 0. The first-order valence-corrected chi connectivity index (χ1v) is 4.90. The molecule has 0 aromatic carbocycles. The topological polar surface area (TPSA) is 43.6 Å². The molecule has 0 saturated heterocycles. The van der Waals surface area contributed by atoms with Crippen LogP contribution in [0.15, 0.2) is 30.9 Å². The SMILES string of the molecule is CC(C)(C)c1ncc(-n2cccn2)cn1. The summed E-state index contributed by atoms with van der Waals surface area (Å²) in [5.41, 5.74) is 0.871. The highest BCUT2D eigenvalue weighted by atomic mass is 15.3. The lowest BCUT2D eigenvalue weighted by Crippen LogP contribution is -2.16. The highest BCUT2D eigenvalue weighted by molar-refractivity contribution is 5.24. The van der Waals surface area contributed by atoms with Crippen molar-refractivity contribution in [2.45, 2.75) is 26.2 Å². The first kappa shape index (κ1) is 9.83. The third-order valence-corrected chi connectivity index (χ3v) is 2.08. The Hall–Kier alpha value is -1.71. The fourth-order valence-corrected chi connectivity index (χ4v) is 1.25. The normalized spacial score (nSPS) is 11.7. The maximum absolute atomic E-state index is 4.33. The van der Waals surface area contributed by atoms with Crippen molar-refractivity contribution in [1.82, 2.24) is 19.7 Å². The number of nitrogens with zero attached hydrogens (tertiary/aromatic N) is 4. The summed E-state index contributed by atoms with van der Waals surface area (Å²) in [5, 5.41) is 4.11. The van der Waals surface area contributed by atoms with Crippen LogP contribution >= 0.6 is 0 Å². The van der Waals surface area contributed by atoms with Crippen LogP contribution < -0.4 is 0 Å². The van der Waals surface area contributed by atoms with Crippen LogP contribution in [0.2, 0.25) is 0 Å². The van der Waals surface area contributed by atoms with Gasteiger partial charge in [0.05, 0.1) is 12.4 Å². The van der Waals surface area contributed by atoms with Crippen molar-refractivity contribution in [3.8, 4) is 5.69 Å². The quantitative estimate of drug-likeness (QED) is 0.710. The number of hydrogen-bond acceptors (Lipinski definition) is 3. The fraction of sp³-hybridized carbons (Fsp3) is 0.364. The molecule has 0 spiro atoms. The minimum Gasteiger partial charge on any atom is -0.239 e. The van der Waals surface area contributed by atoms with E-state index >= 15 is 0 Å². The third-order valence-electron chi connectivity index (χ3n) is 2.08. The molecular formula is C11H14N4. The van der Waals surface area contributed by atoms with Crippen LogP contribution in [-0.4, -0.2) is 19.7 Å². The summed E-state index contributed by atoms with van der Waals surface area (Å²) in [6.07, 6.45) is 7.19. The first-order chi connectivity index (χ1) is 7.07. The summed E-state index contributed by atoms with van der Waals surface area (Å²) < 4.78 is 1.74. The lowest BCUT2D eigenvalue weighted by atomic mass is 9.96. The molecule has 0 amide bonds. The van der Waals surface area contributed by atoms with Gasteiger partial charge in [-0.05, 0) is 6.07 Å². The maximum atomic E-state index is 4.33. The second-order valence-electron chi connectivity index (χ2n) is 4.47. The molecule has 2 heterocycles. The van der Waals surface area contributed by atoms with Gasteiger partial charge in [-0.15, -0.1) is 0 Å². The molecule has 4 heteroatoms. The average Bonchev–Trinajstić information content (AvgIpc) is 2.69. The van der Waals surface area contributed by atoms with Gasteiger partial charge in [-0.3, -0.25) is 0 Å². The van der Waals surface area contributed by atoms with Gasteiger partial charge < -0.3 is 0 Å². The van der Waals surface area contributed by atoms with E-state index in [1.165, 1.54) is 0 Å². The van der Waals surface area contributed by atoms with Gasteiger partial charge in [-0.25, -0.2) is 14.6 Å². The van der Waals surface area contributed by atoms with Gasteiger partial charge in [0.2, 0.25) is 0 Å². The zero-order valence-corrected chi connectivity index (χ0v) is 9.18. The molecule has 0 aliphatic heterocycles. The Morgan fingerprint density at radius 2 is 1.80 bits per heavy atom. The van der Waals surface area contributed by atoms with Crippen LogP contribution in [0, 0.1) is 0 Å². The van der Waals surface area contributed by atoms with Crippen molar-refractivity contribution >= 4 is 0 Å². The van der Waals surface area contributed by atoms with Gasteiger partial charge in [-0.1, -0.05) is 20.8 Å². The Morgan fingerprint density at radius 3 is 2.27 bits per heavy atom. The van der Waals surface area contributed by atoms with E-state index in [0.29, 0.717) is 0 Å². The zero-order valence-electron chi connectivity index (χ0n) is 9.18. The van der Waals surface area contributed by atoms with Crippen LogP contribution in [-0.2, 0) is 5.41 Å². The number of aromatic nitrogens is 4. The van der Waals surface area contributed by atoms with E-state index in [0.717, 1.165) is 11.5 Å². The molecule has 0 unspecified atom stereocenters. The molecule has 15 heavy (non-hydrogen) atoms. The number of hydrogen-bond donors (Lipinski definition) is 0. The molecule has 78 valence electrons. The Morgan fingerprint density at radius 1 is 1.13 bits per heavy atom. The van der Waals surface area contributed by atoms with Gasteiger partial charge in [0.15, 0.2) is 0 Å². The smallest absolute Gasteiger partial charge is 0.133 e. The van der Waals surface area contributed by atoms with Gasteiger partial charge >= 0.3 is 0 Å².